The Balaban J connectivity index is 1.86. The maximum absolute atomic E-state index is 5.75. The standard InChI is InChI=1S/C17H34N2O/c1-4-15(5-2)11-19(6-3)13-17(9-10-20-14-17)12-18-16-7-8-16/h15-16,18H,4-14H2,1-3H3. The first kappa shape index (κ1) is 16.3. The Bertz CT molecular complexity index is 268. The monoisotopic (exact) mass is 282 g/mol. The fourth-order valence-corrected chi connectivity index (χ4v) is 3.31. The fraction of sp³-hybridized carbons (Fsp3) is 1.00. The van der Waals surface area contributed by atoms with E-state index in [1.54, 1.807) is 0 Å². The maximum atomic E-state index is 5.75. The molecule has 2 fully saturated rings. The molecule has 0 amide bonds. The number of ether oxygens (including phenoxy) is 1. The summed E-state index contributed by atoms with van der Waals surface area (Å²) in [6.45, 7) is 13.6. The number of rotatable bonds is 10. The van der Waals surface area contributed by atoms with Crippen molar-refractivity contribution in [3.63, 3.8) is 0 Å². The average molecular weight is 282 g/mol. The van der Waals surface area contributed by atoms with Gasteiger partial charge >= 0.3 is 0 Å². The third-order valence-corrected chi connectivity index (χ3v) is 5.21. The van der Waals surface area contributed by atoms with Crippen LogP contribution in [0.4, 0.5) is 0 Å². The summed E-state index contributed by atoms with van der Waals surface area (Å²) in [6.07, 6.45) is 6.59. The number of nitrogens with zero attached hydrogens (tertiary/aromatic N) is 1. The second kappa shape index (κ2) is 7.77. The van der Waals surface area contributed by atoms with Crippen molar-refractivity contribution < 1.29 is 4.74 Å². The number of hydrogen-bond donors (Lipinski definition) is 1. The summed E-state index contributed by atoms with van der Waals surface area (Å²) in [6, 6.07) is 0.807. The number of nitrogens with one attached hydrogen (secondary N) is 1. The summed E-state index contributed by atoms with van der Waals surface area (Å²) in [7, 11) is 0. The highest BCUT2D eigenvalue weighted by atomic mass is 16.5. The number of hydrogen-bond acceptors (Lipinski definition) is 3. The van der Waals surface area contributed by atoms with Crippen molar-refractivity contribution in [2.45, 2.75) is 58.9 Å². The van der Waals surface area contributed by atoms with Gasteiger partial charge in [-0.05, 0) is 31.7 Å². The Morgan fingerprint density at radius 3 is 2.50 bits per heavy atom. The summed E-state index contributed by atoms with van der Waals surface area (Å²) >= 11 is 0. The second-order valence-electron chi connectivity index (χ2n) is 6.97. The van der Waals surface area contributed by atoms with Crippen LogP contribution >= 0.6 is 0 Å². The van der Waals surface area contributed by atoms with Gasteiger partial charge in [-0.3, -0.25) is 0 Å². The Kier molecular flexibility index (Phi) is 6.31. The molecule has 1 aliphatic carbocycles. The molecule has 1 N–H and O–H groups in total. The zero-order valence-corrected chi connectivity index (χ0v) is 13.8. The van der Waals surface area contributed by atoms with Crippen LogP contribution in [0.15, 0.2) is 0 Å². The van der Waals surface area contributed by atoms with Crippen LogP contribution in [0.5, 0.6) is 0 Å². The fourth-order valence-electron chi connectivity index (χ4n) is 3.31. The van der Waals surface area contributed by atoms with E-state index in [2.05, 4.69) is 31.0 Å². The molecule has 118 valence electrons. The lowest BCUT2D eigenvalue weighted by Gasteiger charge is -2.35. The predicted molar refractivity (Wildman–Crippen MR) is 85.1 cm³/mol. The van der Waals surface area contributed by atoms with E-state index in [4.69, 9.17) is 4.74 Å². The zero-order chi connectivity index (χ0) is 14.4. The van der Waals surface area contributed by atoms with Crippen molar-refractivity contribution in [1.29, 1.82) is 0 Å². The molecule has 1 heterocycles. The molecule has 0 aromatic carbocycles. The normalized spacial score (nSPS) is 26.9. The predicted octanol–water partition coefficient (Wildman–Crippen LogP) is 2.90. The molecule has 0 spiro atoms. The van der Waals surface area contributed by atoms with Crippen molar-refractivity contribution in [2.24, 2.45) is 11.3 Å². The van der Waals surface area contributed by atoms with Gasteiger partial charge in [0.25, 0.3) is 0 Å². The molecule has 0 aromatic rings. The Hall–Kier alpha value is -0.120. The summed E-state index contributed by atoms with van der Waals surface area (Å²) in [5, 5.41) is 3.74. The zero-order valence-electron chi connectivity index (χ0n) is 13.8. The van der Waals surface area contributed by atoms with E-state index in [1.807, 2.05) is 0 Å². The van der Waals surface area contributed by atoms with E-state index in [-0.39, 0.29) is 0 Å². The molecular weight excluding hydrogens is 248 g/mol. The molecule has 1 unspecified atom stereocenters. The van der Waals surface area contributed by atoms with Crippen LogP contribution in [-0.4, -0.2) is 50.3 Å². The van der Waals surface area contributed by atoms with E-state index >= 15 is 0 Å². The molecule has 1 saturated carbocycles. The highest BCUT2D eigenvalue weighted by molar-refractivity contribution is 4.92. The first-order valence-electron chi connectivity index (χ1n) is 8.75. The highest BCUT2D eigenvalue weighted by Gasteiger charge is 2.37. The average Bonchev–Trinajstić information content (AvgIpc) is 3.20. The first-order chi connectivity index (χ1) is 9.71. The molecule has 2 aliphatic rings. The topological polar surface area (TPSA) is 24.5 Å². The van der Waals surface area contributed by atoms with Crippen molar-refractivity contribution >= 4 is 0 Å². The van der Waals surface area contributed by atoms with Gasteiger partial charge < -0.3 is 15.0 Å². The molecule has 0 bridgehead atoms. The Morgan fingerprint density at radius 2 is 2.00 bits per heavy atom. The summed E-state index contributed by atoms with van der Waals surface area (Å²) < 4.78 is 5.75. The highest BCUT2D eigenvalue weighted by Crippen LogP contribution is 2.31. The lowest BCUT2D eigenvalue weighted by molar-refractivity contribution is 0.101. The van der Waals surface area contributed by atoms with Crippen LogP contribution in [-0.2, 0) is 4.74 Å². The molecular formula is C17H34N2O. The van der Waals surface area contributed by atoms with Gasteiger partial charge in [-0.2, -0.15) is 0 Å². The van der Waals surface area contributed by atoms with Crippen LogP contribution < -0.4 is 5.32 Å². The van der Waals surface area contributed by atoms with Gasteiger partial charge in [-0.1, -0.05) is 33.6 Å². The van der Waals surface area contributed by atoms with Crippen molar-refractivity contribution in [2.75, 3.05) is 39.4 Å². The molecule has 0 aromatic heterocycles. The smallest absolute Gasteiger partial charge is 0.0547 e. The van der Waals surface area contributed by atoms with E-state index < -0.39 is 0 Å². The molecule has 0 radical (unpaired) electrons. The van der Waals surface area contributed by atoms with Gasteiger partial charge in [0, 0.05) is 37.7 Å². The van der Waals surface area contributed by atoms with E-state index in [0.717, 1.165) is 31.7 Å². The quantitative estimate of drug-likeness (QED) is 0.667. The van der Waals surface area contributed by atoms with Crippen LogP contribution in [0.25, 0.3) is 0 Å². The van der Waals surface area contributed by atoms with Crippen molar-refractivity contribution in [3.05, 3.63) is 0 Å². The summed E-state index contributed by atoms with van der Waals surface area (Å²) in [5.74, 6) is 0.853. The van der Waals surface area contributed by atoms with E-state index in [9.17, 15) is 0 Å². The third-order valence-electron chi connectivity index (χ3n) is 5.21. The molecule has 1 aliphatic heterocycles. The molecule has 1 saturated heterocycles. The van der Waals surface area contributed by atoms with Crippen LogP contribution in [0.3, 0.4) is 0 Å². The minimum absolute atomic E-state index is 0.366. The second-order valence-corrected chi connectivity index (χ2v) is 6.97. The molecule has 1 atom stereocenters. The summed E-state index contributed by atoms with van der Waals surface area (Å²) in [4.78, 5) is 2.67. The van der Waals surface area contributed by atoms with Crippen molar-refractivity contribution in [3.8, 4) is 0 Å². The SMILES string of the molecule is CCC(CC)CN(CC)CC1(CNC2CC2)CCOC1. The summed E-state index contributed by atoms with van der Waals surface area (Å²) in [5.41, 5.74) is 0.366. The third kappa shape index (κ3) is 4.71. The lowest BCUT2D eigenvalue weighted by Crippen LogP contribution is -2.46. The van der Waals surface area contributed by atoms with Crippen LogP contribution in [0.2, 0.25) is 0 Å². The first-order valence-corrected chi connectivity index (χ1v) is 8.75. The van der Waals surface area contributed by atoms with Gasteiger partial charge in [0.15, 0.2) is 0 Å². The largest absolute Gasteiger partial charge is 0.381 e. The van der Waals surface area contributed by atoms with Gasteiger partial charge in [0.2, 0.25) is 0 Å². The van der Waals surface area contributed by atoms with E-state index in [0.29, 0.717) is 5.41 Å². The molecule has 20 heavy (non-hydrogen) atoms. The maximum Gasteiger partial charge on any atom is 0.0547 e. The molecule has 2 rings (SSSR count). The lowest BCUT2D eigenvalue weighted by atomic mass is 9.86. The Labute approximate surface area is 125 Å². The van der Waals surface area contributed by atoms with Gasteiger partial charge in [0.05, 0.1) is 6.61 Å². The van der Waals surface area contributed by atoms with Crippen LogP contribution in [0.1, 0.15) is 52.9 Å². The van der Waals surface area contributed by atoms with Crippen LogP contribution in [0, 0.1) is 11.3 Å². The Morgan fingerprint density at radius 1 is 1.25 bits per heavy atom. The van der Waals surface area contributed by atoms with E-state index in [1.165, 1.54) is 51.7 Å². The van der Waals surface area contributed by atoms with Gasteiger partial charge in [-0.15, -0.1) is 0 Å². The minimum atomic E-state index is 0.366. The minimum Gasteiger partial charge on any atom is -0.381 e. The molecule has 3 nitrogen and oxygen atoms in total. The van der Waals surface area contributed by atoms with Gasteiger partial charge in [0.1, 0.15) is 0 Å². The van der Waals surface area contributed by atoms with Crippen molar-refractivity contribution in [1.82, 2.24) is 10.2 Å². The molecule has 3 heteroatoms. The van der Waals surface area contributed by atoms with Gasteiger partial charge in [-0.25, -0.2) is 0 Å².